The molecule has 7 heteroatoms. The van der Waals surface area contributed by atoms with Crippen LogP contribution in [0.2, 0.25) is 0 Å². The van der Waals surface area contributed by atoms with E-state index in [1.54, 1.807) is 18.2 Å². The van der Waals surface area contributed by atoms with Crippen LogP contribution in [0.3, 0.4) is 0 Å². The number of para-hydroxylation sites is 1. The van der Waals surface area contributed by atoms with E-state index < -0.39 is 5.82 Å². The molecule has 2 N–H and O–H groups in total. The molecule has 1 aromatic carbocycles. The summed E-state index contributed by atoms with van der Waals surface area (Å²) in [5, 5.41) is 5.45. The Kier molecular flexibility index (Phi) is 6.92. The van der Waals surface area contributed by atoms with Crippen molar-refractivity contribution in [1.82, 2.24) is 15.5 Å². The van der Waals surface area contributed by atoms with Gasteiger partial charge in [0.25, 0.3) is 0 Å². The Morgan fingerprint density at radius 1 is 1.23 bits per heavy atom. The quantitative estimate of drug-likeness (QED) is 0.733. The molecular weight excluding hydrogens is 289 g/mol. The molecule has 122 valence electrons. The van der Waals surface area contributed by atoms with Crippen LogP contribution in [0.1, 0.15) is 0 Å². The van der Waals surface area contributed by atoms with Crippen molar-refractivity contribution in [2.45, 2.75) is 0 Å². The minimum atomic E-state index is -0.405. The Labute approximate surface area is 129 Å². The van der Waals surface area contributed by atoms with Gasteiger partial charge in [0.15, 0.2) is 11.6 Å². The number of ether oxygens (including phenoxy) is 2. The summed E-state index contributed by atoms with van der Waals surface area (Å²) in [7, 11) is 0. The number of hydrogen-bond acceptors (Lipinski definition) is 4. The van der Waals surface area contributed by atoms with E-state index in [1.807, 2.05) is 0 Å². The van der Waals surface area contributed by atoms with Gasteiger partial charge < -0.3 is 20.1 Å². The monoisotopic (exact) mass is 311 g/mol. The predicted octanol–water partition coefficient (Wildman–Crippen LogP) is 0.836. The van der Waals surface area contributed by atoms with Crippen LogP contribution in [0.25, 0.3) is 0 Å². The van der Waals surface area contributed by atoms with Gasteiger partial charge in [0.2, 0.25) is 0 Å². The lowest BCUT2D eigenvalue weighted by Crippen LogP contribution is -2.44. The molecule has 1 aliphatic heterocycles. The fourth-order valence-corrected chi connectivity index (χ4v) is 2.10. The highest BCUT2D eigenvalue weighted by atomic mass is 19.1. The molecule has 1 heterocycles. The lowest BCUT2D eigenvalue weighted by atomic mass is 10.3. The summed E-state index contributed by atoms with van der Waals surface area (Å²) >= 11 is 0. The largest absolute Gasteiger partial charge is 0.489 e. The lowest BCUT2D eigenvalue weighted by Gasteiger charge is -2.26. The number of morpholine rings is 1. The van der Waals surface area contributed by atoms with Crippen molar-refractivity contribution in [1.29, 1.82) is 0 Å². The molecule has 1 aromatic rings. The van der Waals surface area contributed by atoms with Gasteiger partial charge >= 0.3 is 6.03 Å². The molecule has 6 nitrogen and oxygen atoms in total. The third-order valence-electron chi connectivity index (χ3n) is 3.30. The fourth-order valence-electron chi connectivity index (χ4n) is 2.10. The zero-order chi connectivity index (χ0) is 15.6. The summed E-state index contributed by atoms with van der Waals surface area (Å²) in [6.45, 7) is 5.23. The maximum atomic E-state index is 13.3. The molecular formula is C15H22FN3O3. The van der Waals surface area contributed by atoms with Crippen molar-refractivity contribution in [2.75, 3.05) is 52.5 Å². The van der Waals surface area contributed by atoms with Crippen LogP contribution >= 0.6 is 0 Å². The number of carbonyl (C=O) groups is 1. The molecule has 1 saturated heterocycles. The average molecular weight is 311 g/mol. The minimum absolute atomic E-state index is 0.192. The minimum Gasteiger partial charge on any atom is -0.489 e. The van der Waals surface area contributed by atoms with Gasteiger partial charge in [0.05, 0.1) is 19.8 Å². The zero-order valence-electron chi connectivity index (χ0n) is 12.5. The van der Waals surface area contributed by atoms with Gasteiger partial charge in [-0.05, 0) is 12.1 Å². The number of halogens is 1. The third kappa shape index (κ3) is 5.87. The van der Waals surface area contributed by atoms with Gasteiger partial charge in [-0.25, -0.2) is 9.18 Å². The number of rotatable bonds is 7. The standard InChI is InChI=1S/C15H22FN3O3/c16-13-3-1-2-4-14(13)22-10-6-18-15(20)17-5-7-19-8-11-21-12-9-19/h1-4H,5-12H2,(H2,17,18,20). The van der Waals surface area contributed by atoms with E-state index in [0.717, 1.165) is 32.8 Å². The summed E-state index contributed by atoms with van der Waals surface area (Å²) in [6, 6.07) is 5.94. The van der Waals surface area contributed by atoms with E-state index >= 15 is 0 Å². The first-order chi connectivity index (χ1) is 10.8. The van der Waals surface area contributed by atoms with Crippen LogP contribution in [0.15, 0.2) is 24.3 Å². The van der Waals surface area contributed by atoms with E-state index in [1.165, 1.54) is 6.07 Å². The molecule has 0 radical (unpaired) electrons. The summed E-state index contributed by atoms with van der Waals surface area (Å²) in [6.07, 6.45) is 0. The van der Waals surface area contributed by atoms with Crippen LogP contribution in [0.4, 0.5) is 9.18 Å². The van der Waals surface area contributed by atoms with Gasteiger partial charge in [0.1, 0.15) is 6.61 Å². The van der Waals surface area contributed by atoms with E-state index in [2.05, 4.69) is 15.5 Å². The number of nitrogens with one attached hydrogen (secondary N) is 2. The van der Waals surface area contributed by atoms with Gasteiger partial charge in [-0.2, -0.15) is 0 Å². The van der Waals surface area contributed by atoms with Crippen molar-refractivity contribution < 1.29 is 18.7 Å². The van der Waals surface area contributed by atoms with Crippen LogP contribution in [0.5, 0.6) is 5.75 Å². The first-order valence-corrected chi connectivity index (χ1v) is 7.45. The second-order valence-corrected chi connectivity index (χ2v) is 4.92. The number of hydrogen-bond donors (Lipinski definition) is 2. The summed E-state index contributed by atoms with van der Waals surface area (Å²) in [4.78, 5) is 13.8. The van der Waals surface area contributed by atoms with Crippen molar-refractivity contribution in [3.8, 4) is 5.75 Å². The lowest BCUT2D eigenvalue weighted by molar-refractivity contribution is 0.0387. The Morgan fingerprint density at radius 3 is 2.73 bits per heavy atom. The molecule has 0 aromatic heterocycles. The van der Waals surface area contributed by atoms with Gasteiger partial charge in [-0.15, -0.1) is 0 Å². The fraction of sp³-hybridized carbons (Fsp3) is 0.533. The molecule has 1 fully saturated rings. The van der Waals surface area contributed by atoms with Crippen molar-refractivity contribution >= 4 is 6.03 Å². The molecule has 2 rings (SSSR count). The maximum Gasteiger partial charge on any atom is 0.314 e. The topological polar surface area (TPSA) is 62.8 Å². The maximum absolute atomic E-state index is 13.3. The highest BCUT2D eigenvalue weighted by Gasteiger charge is 2.10. The van der Waals surface area contributed by atoms with E-state index in [0.29, 0.717) is 13.1 Å². The molecule has 0 aliphatic carbocycles. The number of benzene rings is 1. The number of amides is 2. The number of urea groups is 1. The Balaban J connectivity index is 1.51. The highest BCUT2D eigenvalue weighted by Crippen LogP contribution is 2.14. The van der Waals surface area contributed by atoms with Crippen molar-refractivity contribution in [3.05, 3.63) is 30.1 Å². The second-order valence-electron chi connectivity index (χ2n) is 4.92. The molecule has 0 saturated carbocycles. The van der Waals surface area contributed by atoms with Crippen molar-refractivity contribution in [3.63, 3.8) is 0 Å². The second kappa shape index (κ2) is 9.22. The first-order valence-electron chi connectivity index (χ1n) is 7.45. The molecule has 2 amide bonds. The van der Waals surface area contributed by atoms with Gasteiger partial charge in [-0.3, -0.25) is 4.90 Å². The van der Waals surface area contributed by atoms with Crippen LogP contribution < -0.4 is 15.4 Å². The average Bonchev–Trinajstić information content (AvgIpc) is 2.54. The molecule has 0 unspecified atom stereocenters. The van der Waals surface area contributed by atoms with Gasteiger partial charge in [0, 0.05) is 26.2 Å². The molecule has 0 spiro atoms. The van der Waals surface area contributed by atoms with Crippen LogP contribution in [-0.4, -0.2) is 63.5 Å². The first kappa shape index (κ1) is 16.5. The summed E-state index contributed by atoms with van der Waals surface area (Å²) in [5.74, 6) is -0.213. The van der Waals surface area contributed by atoms with E-state index in [-0.39, 0.29) is 18.4 Å². The molecule has 1 aliphatic rings. The molecule has 0 atom stereocenters. The number of carbonyl (C=O) groups excluding carboxylic acids is 1. The van der Waals surface area contributed by atoms with Gasteiger partial charge in [-0.1, -0.05) is 12.1 Å². The van der Waals surface area contributed by atoms with Crippen LogP contribution in [-0.2, 0) is 4.74 Å². The van der Waals surface area contributed by atoms with Crippen molar-refractivity contribution in [2.24, 2.45) is 0 Å². The molecule has 0 bridgehead atoms. The van der Waals surface area contributed by atoms with E-state index in [9.17, 15) is 9.18 Å². The van der Waals surface area contributed by atoms with Crippen LogP contribution in [0, 0.1) is 5.82 Å². The smallest absolute Gasteiger partial charge is 0.314 e. The predicted molar refractivity (Wildman–Crippen MR) is 80.6 cm³/mol. The highest BCUT2D eigenvalue weighted by molar-refractivity contribution is 5.73. The Hall–Kier alpha value is -1.86. The SMILES string of the molecule is O=C(NCCOc1ccccc1F)NCCN1CCOCC1. The summed E-state index contributed by atoms with van der Waals surface area (Å²) in [5.41, 5.74) is 0. The number of nitrogens with zero attached hydrogens (tertiary/aromatic N) is 1. The third-order valence-corrected chi connectivity index (χ3v) is 3.30. The normalized spacial score (nSPS) is 15.3. The molecule has 22 heavy (non-hydrogen) atoms. The summed E-state index contributed by atoms with van der Waals surface area (Å²) < 4.78 is 23.8. The zero-order valence-corrected chi connectivity index (χ0v) is 12.5. The Morgan fingerprint density at radius 2 is 1.95 bits per heavy atom. The van der Waals surface area contributed by atoms with E-state index in [4.69, 9.17) is 9.47 Å². The Bertz CT molecular complexity index is 467.